The zero-order valence-electron chi connectivity index (χ0n) is 6.89. The Balaban J connectivity index is 3.06. The van der Waals surface area contributed by atoms with Crippen molar-refractivity contribution in [2.75, 3.05) is 0 Å². The van der Waals surface area contributed by atoms with Crippen molar-refractivity contribution in [2.24, 2.45) is 0 Å². The van der Waals surface area contributed by atoms with Crippen LogP contribution in [-0.2, 0) is 5.54 Å². The molecule has 0 aliphatic carbocycles. The molecule has 0 saturated carbocycles. The monoisotopic (exact) mass is 214 g/mol. The Morgan fingerprint density at radius 3 is 2.36 bits per heavy atom. The largest absolute Gasteiger partial charge is 0.349 e. The van der Waals surface area contributed by atoms with E-state index in [2.05, 4.69) is 47.6 Å². The minimum Gasteiger partial charge on any atom is -0.349 e. The normalized spacial score (nSPS) is 11.6. The van der Waals surface area contributed by atoms with Gasteiger partial charge in [-0.25, -0.2) is 0 Å². The molecule has 0 atom stereocenters. The molecular formula is C9H13BrN+. The summed E-state index contributed by atoms with van der Waals surface area (Å²) < 4.78 is 1.12. The number of rotatable bonds is 1. The van der Waals surface area contributed by atoms with Gasteiger partial charge >= 0.3 is 0 Å². The predicted molar refractivity (Wildman–Crippen MR) is 50.1 cm³/mol. The van der Waals surface area contributed by atoms with Crippen molar-refractivity contribution >= 4 is 15.9 Å². The summed E-state index contributed by atoms with van der Waals surface area (Å²) >= 11 is 3.43. The van der Waals surface area contributed by atoms with E-state index in [0.717, 1.165) is 4.47 Å². The van der Waals surface area contributed by atoms with Crippen molar-refractivity contribution in [1.82, 2.24) is 0 Å². The maximum Gasteiger partial charge on any atom is 0.114 e. The van der Waals surface area contributed by atoms with Gasteiger partial charge in [0, 0.05) is 10.0 Å². The summed E-state index contributed by atoms with van der Waals surface area (Å²) in [6, 6.07) is 8.26. The summed E-state index contributed by atoms with van der Waals surface area (Å²) in [5, 5.41) is 0. The van der Waals surface area contributed by atoms with Crippen LogP contribution in [0.25, 0.3) is 0 Å². The van der Waals surface area contributed by atoms with Crippen LogP contribution in [0.3, 0.4) is 0 Å². The zero-order chi connectivity index (χ0) is 8.48. The van der Waals surface area contributed by atoms with E-state index in [1.165, 1.54) is 5.56 Å². The zero-order valence-corrected chi connectivity index (χ0v) is 8.48. The minimum atomic E-state index is 0.00375. The summed E-state index contributed by atoms with van der Waals surface area (Å²) in [7, 11) is 0. The van der Waals surface area contributed by atoms with Crippen molar-refractivity contribution in [1.29, 1.82) is 0 Å². The lowest BCUT2D eigenvalue weighted by Gasteiger charge is -2.14. The Hall–Kier alpha value is -0.340. The molecule has 1 aromatic carbocycles. The third-order valence-corrected chi connectivity index (χ3v) is 2.10. The fraction of sp³-hybridized carbons (Fsp3) is 0.333. The molecule has 0 unspecified atom stereocenters. The van der Waals surface area contributed by atoms with Gasteiger partial charge in [0.1, 0.15) is 5.54 Å². The van der Waals surface area contributed by atoms with Gasteiger partial charge in [-0.05, 0) is 26.0 Å². The van der Waals surface area contributed by atoms with Crippen LogP contribution in [0, 0.1) is 0 Å². The van der Waals surface area contributed by atoms with E-state index in [1.54, 1.807) is 0 Å². The molecule has 1 nitrogen and oxygen atoms in total. The highest BCUT2D eigenvalue weighted by molar-refractivity contribution is 9.10. The topological polar surface area (TPSA) is 27.6 Å². The van der Waals surface area contributed by atoms with E-state index in [9.17, 15) is 0 Å². The molecule has 0 aromatic heterocycles. The number of hydrogen-bond acceptors (Lipinski definition) is 0. The van der Waals surface area contributed by atoms with E-state index < -0.39 is 0 Å². The molecule has 1 rings (SSSR count). The summed E-state index contributed by atoms with van der Waals surface area (Å²) in [4.78, 5) is 0. The molecule has 0 heterocycles. The fourth-order valence-corrected chi connectivity index (χ4v) is 1.31. The lowest BCUT2D eigenvalue weighted by atomic mass is 9.96. The SMILES string of the molecule is CC(C)([NH3+])c1cccc(Br)c1. The molecule has 1 aromatic rings. The van der Waals surface area contributed by atoms with Gasteiger partial charge in [-0.15, -0.1) is 0 Å². The third kappa shape index (κ3) is 2.31. The second-order valence-corrected chi connectivity index (χ2v) is 4.31. The van der Waals surface area contributed by atoms with Gasteiger partial charge in [0.05, 0.1) is 0 Å². The Morgan fingerprint density at radius 1 is 1.36 bits per heavy atom. The molecule has 0 amide bonds. The summed E-state index contributed by atoms with van der Waals surface area (Å²) in [5.74, 6) is 0. The highest BCUT2D eigenvalue weighted by atomic mass is 79.9. The number of halogens is 1. The molecule has 0 spiro atoms. The highest BCUT2D eigenvalue weighted by Crippen LogP contribution is 2.18. The molecule has 11 heavy (non-hydrogen) atoms. The Morgan fingerprint density at radius 2 is 2.00 bits per heavy atom. The van der Waals surface area contributed by atoms with E-state index in [4.69, 9.17) is 0 Å². The first-order valence-electron chi connectivity index (χ1n) is 3.61. The molecule has 2 heteroatoms. The van der Waals surface area contributed by atoms with Gasteiger partial charge in [-0.1, -0.05) is 28.1 Å². The van der Waals surface area contributed by atoms with Gasteiger partial charge in [-0.3, -0.25) is 0 Å². The molecule has 60 valence electrons. The molecule has 0 fully saturated rings. The van der Waals surface area contributed by atoms with E-state index >= 15 is 0 Å². The van der Waals surface area contributed by atoms with Crippen molar-refractivity contribution < 1.29 is 5.73 Å². The standard InChI is InChI=1S/C9H12BrN/c1-9(2,11)7-4-3-5-8(10)6-7/h3-6H,11H2,1-2H3/p+1. The van der Waals surface area contributed by atoms with Crippen LogP contribution < -0.4 is 5.73 Å². The van der Waals surface area contributed by atoms with Crippen LogP contribution in [0.5, 0.6) is 0 Å². The van der Waals surface area contributed by atoms with Crippen LogP contribution in [0.4, 0.5) is 0 Å². The van der Waals surface area contributed by atoms with Crippen LogP contribution in [0.2, 0.25) is 0 Å². The first-order valence-corrected chi connectivity index (χ1v) is 4.41. The van der Waals surface area contributed by atoms with E-state index in [1.807, 2.05) is 12.1 Å². The lowest BCUT2D eigenvalue weighted by molar-refractivity contribution is -0.475. The van der Waals surface area contributed by atoms with E-state index in [-0.39, 0.29) is 5.54 Å². The van der Waals surface area contributed by atoms with Crippen molar-refractivity contribution in [2.45, 2.75) is 19.4 Å². The van der Waals surface area contributed by atoms with Gasteiger partial charge in [0.25, 0.3) is 0 Å². The number of quaternary nitrogens is 1. The second kappa shape index (κ2) is 2.95. The Bertz CT molecular complexity index is 250. The Kier molecular flexibility index (Phi) is 2.35. The van der Waals surface area contributed by atoms with Crippen molar-refractivity contribution in [3.8, 4) is 0 Å². The summed E-state index contributed by atoms with van der Waals surface area (Å²) in [5.41, 5.74) is 5.32. The quantitative estimate of drug-likeness (QED) is 0.741. The highest BCUT2D eigenvalue weighted by Gasteiger charge is 2.17. The molecule has 0 aliphatic heterocycles. The van der Waals surface area contributed by atoms with Crippen LogP contribution >= 0.6 is 15.9 Å². The summed E-state index contributed by atoms with van der Waals surface area (Å²) in [6.07, 6.45) is 0. The van der Waals surface area contributed by atoms with Gasteiger partial charge in [-0.2, -0.15) is 0 Å². The maximum atomic E-state index is 4.06. The average Bonchev–Trinajstić information content (AvgIpc) is 1.86. The van der Waals surface area contributed by atoms with E-state index in [0.29, 0.717) is 0 Å². The average molecular weight is 215 g/mol. The van der Waals surface area contributed by atoms with Gasteiger partial charge in [0.2, 0.25) is 0 Å². The van der Waals surface area contributed by atoms with Crippen LogP contribution in [0.15, 0.2) is 28.7 Å². The molecule has 0 aliphatic rings. The van der Waals surface area contributed by atoms with Gasteiger partial charge in [0.15, 0.2) is 0 Å². The minimum absolute atomic E-state index is 0.00375. The lowest BCUT2D eigenvalue weighted by Crippen LogP contribution is -2.66. The molecule has 0 radical (unpaired) electrons. The predicted octanol–water partition coefficient (Wildman–Crippen LogP) is 1.93. The summed E-state index contributed by atoms with van der Waals surface area (Å²) in [6.45, 7) is 4.21. The molecule has 0 saturated heterocycles. The first kappa shape index (κ1) is 8.75. The third-order valence-electron chi connectivity index (χ3n) is 1.61. The molecule has 3 N–H and O–H groups in total. The molecule has 0 bridgehead atoms. The van der Waals surface area contributed by atoms with Crippen LogP contribution in [0.1, 0.15) is 19.4 Å². The smallest absolute Gasteiger partial charge is 0.114 e. The van der Waals surface area contributed by atoms with Crippen molar-refractivity contribution in [3.63, 3.8) is 0 Å². The number of hydrogen-bond donors (Lipinski definition) is 1. The fourth-order valence-electron chi connectivity index (χ4n) is 0.909. The molecular weight excluding hydrogens is 202 g/mol. The van der Waals surface area contributed by atoms with Crippen LogP contribution in [-0.4, -0.2) is 0 Å². The number of benzene rings is 1. The van der Waals surface area contributed by atoms with Crippen molar-refractivity contribution in [3.05, 3.63) is 34.3 Å². The Labute approximate surface area is 75.7 Å². The second-order valence-electron chi connectivity index (χ2n) is 3.39. The maximum absolute atomic E-state index is 4.06. The van der Waals surface area contributed by atoms with Gasteiger partial charge < -0.3 is 5.73 Å². The first-order chi connectivity index (χ1) is 5.00.